The van der Waals surface area contributed by atoms with Crippen LogP contribution in [0.15, 0.2) is 42.7 Å². The first-order chi connectivity index (χ1) is 10.3. The van der Waals surface area contributed by atoms with Gasteiger partial charge in [-0.25, -0.2) is 0 Å². The topological polar surface area (TPSA) is 75.2 Å². The van der Waals surface area contributed by atoms with Gasteiger partial charge in [0.1, 0.15) is 5.75 Å². The largest absolute Gasteiger partial charge is 0.495 e. The first kappa shape index (κ1) is 14.7. The van der Waals surface area contributed by atoms with Crippen LogP contribution in [0.4, 0.5) is 11.4 Å². The monoisotopic (exact) mass is 282 g/mol. The molecule has 1 aromatic carbocycles. The molecular formula is C16H18N4O. The van der Waals surface area contributed by atoms with Crippen molar-refractivity contribution in [3.05, 3.63) is 48.3 Å². The Morgan fingerprint density at radius 2 is 2.19 bits per heavy atom. The summed E-state index contributed by atoms with van der Waals surface area (Å²) >= 11 is 0. The molecule has 2 N–H and O–H groups in total. The highest BCUT2D eigenvalue weighted by Crippen LogP contribution is 2.32. The Labute approximate surface area is 124 Å². The van der Waals surface area contributed by atoms with Gasteiger partial charge >= 0.3 is 0 Å². The van der Waals surface area contributed by atoms with Crippen molar-refractivity contribution in [1.29, 1.82) is 5.26 Å². The lowest BCUT2D eigenvalue weighted by atomic mass is 10.2. The van der Waals surface area contributed by atoms with Crippen molar-refractivity contribution in [2.75, 3.05) is 24.3 Å². The summed E-state index contributed by atoms with van der Waals surface area (Å²) in [5, 5.41) is 8.85. The summed E-state index contributed by atoms with van der Waals surface area (Å²) in [4.78, 5) is 6.19. The molecule has 0 saturated carbocycles. The molecule has 0 spiro atoms. The molecule has 0 bridgehead atoms. The molecule has 2 aromatic rings. The number of nitriles is 1. The van der Waals surface area contributed by atoms with Gasteiger partial charge in [0.05, 0.1) is 31.0 Å². The molecule has 108 valence electrons. The zero-order valence-electron chi connectivity index (χ0n) is 12.0. The Balaban J connectivity index is 2.30. The summed E-state index contributed by atoms with van der Waals surface area (Å²) in [6, 6.07) is 11.7. The van der Waals surface area contributed by atoms with Crippen LogP contribution in [0.5, 0.6) is 5.75 Å². The molecule has 0 amide bonds. The summed E-state index contributed by atoms with van der Waals surface area (Å²) in [6.07, 6.45) is 3.98. The summed E-state index contributed by atoms with van der Waals surface area (Å²) < 4.78 is 5.26. The van der Waals surface area contributed by atoms with E-state index >= 15 is 0 Å². The van der Waals surface area contributed by atoms with E-state index in [4.69, 9.17) is 15.7 Å². The number of hydrogen-bond donors (Lipinski definition) is 1. The van der Waals surface area contributed by atoms with Crippen molar-refractivity contribution in [3.8, 4) is 11.8 Å². The molecule has 0 aliphatic heterocycles. The van der Waals surface area contributed by atoms with Crippen LogP contribution in [0.1, 0.15) is 12.0 Å². The summed E-state index contributed by atoms with van der Waals surface area (Å²) in [7, 11) is 1.59. The Morgan fingerprint density at radius 1 is 1.33 bits per heavy atom. The van der Waals surface area contributed by atoms with E-state index in [1.807, 2.05) is 36.5 Å². The second-order valence-corrected chi connectivity index (χ2v) is 4.58. The average Bonchev–Trinajstić information content (AvgIpc) is 2.53. The summed E-state index contributed by atoms with van der Waals surface area (Å²) in [5.41, 5.74) is 8.68. The molecule has 0 fully saturated rings. The van der Waals surface area contributed by atoms with Crippen molar-refractivity contribution in [2.24, 2.45) is 0 Å². The van der Waals surface area contributed by atoms with Gasteiger partial charge in [-0.1, -0.05) is 12.1 Å². The van der Waals surface area contributed by atoms with Crippen molar-refractivity contribution in [3.63, 3.8) is 0 Å². The van der Waals surface area contributed by atoms with Crippen LogP contribution in [-0.2, 0) is 6.54 Å². The number of benzene rings is 1. The number of ether oxygens (including phenoxy) is 1. The second-order valence-electron chi connectivity index (χ2n) is 4.58. The quantitative estimate of drug-likeness (QED) is 0.824. The van der Waals surface area contributed by atoms with Gasteiger partial charge in [0.15, 0.2) is 0 Å². The molecule has 0 radical (unpaired) electrons. The molecular weight excluding hydrogens is 264 g/mol. The molecule has 0 atom stereocenters. The SMILES string of the molecule is COc1cccc(N(CCC#N)Cc2cccnc2)c1N. The molecule has 0 aliphatic rings. The normalized spacial score (nSPS) is 9.90. The van der Waals surface area contributed by atoms with Crippen LogP contribution >= 0.6 is 0 Å². The van der Waals surface area contributed by atoms with Crippen LogP contribution in [0, 0.1) is 11.3 Å². The predicted molar refractivity (Wildman–Crippen MR) is 82.9 cm³/mol. The number of rotatable bonds is 6. The van der Waals surface area contributed by atoms with Gasteiger partial charge in [0.2, 0.25) is 0 Å². The van der Waals surface area contributed by atoms with Crippen LogP contribution < -0.4 is 15.4 Å². The average molecular weight is 282 g/mol. The molecule has 2 rings (SSSR count). The lowest BCUT2D eigenvalue weighted by Gasteiger charge is -2.26. The fraction of sp³-hybridized carbons (Fsp3) is 0.250. The van der Waals surface area contributed by atoms with E-state index in [-0.39, 0.29) is 0 Å². The Hall–Kier alpha value is -2.74. The van der Waals surface area contributed by atoms with Crippen LogP contribution in [-0.4, -0.2) is 18.6 Å². The molecule has 5 heteroatoms. The lowest BCUT2D eigenvalue weighted by molar-refractivity contribution is 0.417. The molecule has 0 saturated heterocycles. The van der Waals surface area contributed by atoms with E-state index in [9.17, 15) is 0 Å². The summed E-state index contributed by atoms with van der Waals surface area (Å²) in [5.74, 6) is 0.639. The van der Waals surface area contributed by atoms with Gasteiger partial charge in [0, 0.05) is 25.5 Å². The first-order valence-electron chi connectivity index (χ1n) is 6.69. The van der Waals surface area contributed by atoms with Crippen LogP contribution in [0.25, 0.3) is 0 Å². The minimum absolute atomic E-state index is 0.427. The molecule has 1 aromatic heterocycles. The molecule has 0 unspecified atom stereocenters. The minimum Gasteiger partial charge on any atom is -0.495 e. The maximum Gasteiger partial charge on any atom is 0.143 e. The standard InChI is InChI=1S/C16H18N4O/c1-21-15-7-2-6-14(16(15)18)20(10-4-8-17)12-13-5-3-9-19-11-13/h2-3,5-7,9,11H,4,10,12,18H2,1H3. The summed E-state index contributed by atoms with van der Waals surface area (Å²) in [6.45, 7) is 1.25. The number of nitrogens with two attached hydrogens (primary N) is 1. The Kier molecular flexibility index (Phi) is 4.99. The zero-order valence-corrected chi connectivity index (χ0v) is 12.0. The number of nitrogens with zero attached hydrogens (tertiary/aromatic N) is 3. The second kappa shape index (κ2) is 7.15. The van der Waals surface area contributed by atoms with E-state index in [1.165, 1.54) is 0 Å². The maximum absolute atomic E-state index is 8.85. The van der Waals surface area contributed by atoms with Gasteiger partial charge in [-0.2, -0.15) is 5.26 Å². The molecule has 21 heavy (non-hydrogen) atoms. The third-order valence-electron chi connectivity index (χ3n) is 3.19. The van der Waals surface area contributed by atoms with Crippen molar-refractivity contribution < 1.29 is 4.74 Å². The fourth-order valence-electron chi connectivity index (χ4n) is 2.17. The van der Waals surface area contributed by atoms with Crippen molar-refractivity contribution in [2.45, 2.75) is 13.0 Å². The number of hydrogen-bond acceptors (Lipinski definition) is 5. The zero-order chi connectivity index (χ0) is 15.1. The third kappa shape index (κ3) is 3.63. The highest BCUT2D eigenvalue weighted by molar-refractivity contribution is 5.74. The van der Waals surface area contributed by atoms with Crippen molar-refractivity contribution >= 4 is 11.4 Å². The van der Waals surface area contributed by atoms with Gasteiger partial charge in [0.25, 0.3) is 0 Å². The number of anilines is 2. The first-order valence-corrected chi connectivity index (χ1v) is 6.69. The number of pyridine rings is 1. The van der Waals surface area contributed by atoms with E-state index < -0.39 is 0 Å². The van der Waals surface area contributed by atoms with E-state index in [0.29, 0.717) is 30.9 Å². The molecule has 1 heterocycles. The van der Waals surface area contributed by atoms with Crippen LogP contribution in [0.3, 0.4) is 0 Å². The number of methoxy groups -OCH3 is 1. The number of para-hydroxylation sites is 1. The van der Waals surface area contributed by atoms with Gasteiger partial charge in [-0.05, 0) is 23.8 Å². The Morgan fingerprint density at radius 3 is 2.86 bits per heavy atom. The predicted octanol–water partition coefficient (Wildman–Crippen LogP) is 2.59. The fourth-order valence-corrected chi connectivity index (χ4v) is 2.17. The van der Waals surface area contributed by atoms with Crippen molar-refractivity contribution in [1.82, 2.24) is 4.98 Å². The number of nitrogen functional groups attached to an aromatic ring is 1. The van der Waals surface area contributed by atoms with Gasteiger partial charge < -0.3 is 15.4 Å². The highest BCUT2D eigenvalue weighted by Gasteiger charge is 2.13. The van der Waals surface area contributed by atoms with Crippen LogP contribution in [0.2, 0.25) is 0 Å². The Bertz CT molecular complexity index is 622. The van der Waals surface area contributed by atoms with E-state index in [1.54, 1.807) is 13.3 Å². The maximum atomic E-state index is 8.85. The third-order valence-corrected chi connectivity index (χ3v) is 3.19. The van der Waals surface area contributed by atoms with E-state index in [2.05, 4.69) is 16.0 Å². The van der Waals surface area contributed by atoms with Gasteiger partial charge in [-0.3, -0.25) is 4.98 Å². The van der Waals surface area contributed by atoms with E-state index in [0.717, 1.165) is 11.3 Å². The number of aromatic nitrogens is 1. The minimum atomic E-state index is 0.427. The van der Waals surface area contributed by atoms with Gasteiger partial charge in [-0.15, -0.1) is 0 Å². The molecule has 5 nitrogen and oxygen atoms in total. The highest BCUT2D eigenvalue weighted by atomic mass is 16.5. The lowest BCUT2D eigenvalue weighted by Crippen LogP contribution is -2.24. The molecule has 0 aliphatic carbocycles. The smallest absolute Gasteiger partial charge is 0.143 e.